The molecular weight excluding hydrogens is 683 g/mol. The van der Waals surface area contributed by atoms with Gasteiger partial charge in [-0.2, -0.15) is 0 Å². The van der Waals surface area contributed by atoms with Gasteiger partial charge in [0.05, 0.1) is 6.54 Å². The molecule has 0 amide bonds. The Morgan fingerprint density at radius 2 is 1.00 bits per heavy atom. The van der Waals surface area contributed by atoms with Gasteiger partial charge in [0.15, 0.2) is 11.7 Å². The maximum atomic E-state index is 6.54. The fourth-order valence-electron chi connectivity index (χ4n) is 7.97. The third-order valence-electron chi connectivity index (χ3n) is 10.6. The monoisotopic (exact) mass is 717 g/mol. The van der Waals surface area contributed by atoms with Gasteiger partial charge >= 0.3 is 0 Å². The summed E-state index contributed by atoms with van der Waals surface area (Å²) < 4.78 is 6.54. The number of hydrogen-bond acceptors (Lipinski definition) is 2. The number of nitrogens with zero attached hydrogens (tertiary/aromatic N) is 3. The molecule has 0 aliphatic rings. The quantitative estimate of drug-likeness (QED) is 0.0960. The Bertz CT molecular complexity index is 3140. The standard InChI is InChI=1S/C52H35N3O/c1-53-52(55-51(35-17-6-3-7-18-35)54-33-34-15-4-2-5-16-34)47-31-39(32-49-50(47)45-25-12-13-26-48(45)56-49)37-20-14-19-36(29-37)38-27-28-44-42-23-9-8-21-40(42)41-22-10-11-24-43(41)46(44)30-38/h2-32H,1,33H2/b54-51-,55-52-. The van der Waals surface area contributed by atoms with Crippen molar-refractivity contribution in [1.82, 2.24) is 0 Å². The molecule has 0 atom stereocenters. The summed E-state index contributed by atoms with van der Waals surface area (Å²) in [4.78, 5) is 14.7. The summed E-state index contributed by atoms with van der Waals surface area (Å²) >= 11 is 0. The van der Waals surface area contributed by atoms with E-state index in [0.717, 1.165) is 60.9 Å². The van der Waals surface area contributed by atoms with Crippen molar-refractivity contribution in [1.29, 1.82) is 0 Å². The van der Waals surface area contributed by atoms with Gasteiger partial charge in [0.2, 0.25) is 0 Å². The molecule has 0 fully saturated rings. The number of rotatable bonds is 6. The molecule has 0 unspecified atom stereocenters. The van der Waals surface area contributed by atoms with Crippen LogP contribution in [0, 0.1) is 0 Å². The molecule has 0 saturated heterocycles. The lowest BCUT2D eigenvalue weighted by molar-refractivity contribution is 0.669. The van der Waals surface area contributed by atoms with E-state index in [2.05, 4.69) is 133 Å². The number of fused-ring (bicyclic) bond motifs is 9. The highest BCUT2D eigenvalue weighted by atomic mass is 16.3. The Labute approximate surface area is 324 Å². The van der Waals surface area contributed by atoms with Crippen LogP contribution in [0.5, 0.6) is 0 Å². The first-order chi connectivity index (χ1) is 27.7. The van der Waals surface area contributed by atoms with Crippen LogP contribution in [0.3, 0.4) is 0 Å². The van der Waals surface area contributed by atoms with Crippen LogP contribution in [0.25, 0.3) is 76.5 Å². The fourth-order valence-corrected chi connectivity index (χ4v) is 7.97. The second kappa shape index (κ2) is 14.1. The van der Waals surface area contributed by atoms with Gasteiger partial charge in [0.25, 0.3) is 0 Å². The third-order valence-corrected chi connectivity index (χ3v) is 10.6. The Kier molecular flexibility index (Phi) is 8.34. The topological polar surface area (TPSA) is 50.2 Å². The number of aliphatic imine (C=N–C) groups is 3. The minimum absolute atomic E-state index is 0.476. The molecule has 4 heteroatoms. The van der Waals surface area contributed by atoms with Gasteiger partial charge in [-0.15, -0.1) is 0 Å². The summed E-state index contributed by atoms with van der Waals surface area (Å²) in [5.41, 5.74) is 8.71. The van der Waals surface area contributed by atoms with Gasteiger partial charge in [-0.05, 0) is 97.2 Å². The van der Waals surface area contributed by atoms with Gasteiger partial charge in [0.1, 0.15) is 11.2 Å². The SMILES string of the molecule is C=N/C(=N\C(=N/Cc1ccccc1)c1ccccc1)c1cc(-c2cccc(-c3ccc4c5ccccc5c5ccccc5c4c3)c2)cc2oc3ccccc3c12. The van der Waals surface area contributed by atoms with Crippen LogP contribution in [0.4, 0.5) is 0 Å². The molecule has 4 nitrogen and oxygen atoms in total. The fraction of sp³-hybridized carbons (Fsp3) is 0.0192. The first-order valence-electron chi connectivity index (χ1n) is 18.8. The number of furan rings is 1. The molecular formula is C52H35N3O. The van der Waals surface area contributed by atoms with Crippen LogP contribution < -0.4 is 0 Å². The van der Waals surface area contributed by atoms with Crippen molar-refractivity contribution in [2.24, 2.45) is 15.0 Å². The van der Waals surface area contributed by atoms with Crippen LogP contribution in [-0.2, 0) is 6.54 Å². The smallest absolute Gasteiger partial charge is 0.161 e. The van der Waals surface area contributed by atoms with Crippen molar-refractivity contribution in [2.75, 3.05) is 0 Å². The Hall–Kier alpha value is -7.43. The van der Waals surface area contributed by atoms with Gasteiger partial charge in [0, 0.05) is 21.9 Å². The molecule has 1 heterocycles. The van der Waals surface area contributed by atoms with E-state index in [-0.39, 0.29) is 0 Å². The first kappa shape index (κ1) is 33.2. The molecule has 0 bridgehead atoms. The predicted molar refractivity (Wildman–Crippen MR) is 236 cm³/mol. The molecule has 9 aromatic carbocycles. The maximum absolute atomic E-state index is 6.54. The predicted octanol–water partition coefficient (Wildman–Crippen LogP) is 13.5. The molecule has 0 aliphatic heterocycles. The van der Waals surface area contributed by atoms with Crippen molar-refractivity contribution < 1.29 is 4.42 Å². The van der Waals surface area contributed by atoms with Crippen LogP contribution in [0.1, 0.15) is 16.7 Å². The van der Waals surface area contributed by atoms with E-state index in [4.69, 9.17) is 14.4 Å². The van der Waals surface area contributed by atoms with Crippen molar-refractivity contribution in [3.05, 3.63) is 205 Å². The number of benzene rings is 9. The van der Waals surface area contributed by atoms with Crippen molar-refractivity contribution >= 4 is 72.6 Å². The molecule has 0 saturated carbocycles. The lowest BCUT2D eigenvalue weighted by Crippen LogP contribution is -2.06. The van der Waals surface area contributed by atoms with E-state index in [0.29, 0.717) is 18.2 Å². The maximum Gasteiger partial charge on any atom is 0.161 e. The normalized spacial score (nSPS) is 12.3. The van der Waals surface area contributed by atoms with Gasteiger partial charge in [-0.25, -0.2) is 9.98 Å². The zero-order valence-corrected chi connectivity index (χ0v) is 30.6. The summed E-state index contributed by atoms with van der Waals surface area (Å²) in [6.45, 7) is 4.51. The molecule has 0 spiro atoms. The number of amidine groups is 2. The van der Waals surface area contributed by atoms with E-state index in [1.165, 1.54) is 32.3 Å². The van der Waals surface area contributed by atoms with Crippen molar-refractivity contribution in [3.63, 3.8) is 0 Å². The number of hydrogen-bond donors (Lipinski definition) is 0. The zero-order valence-electron chi connectivity index (χ0n) is 30.6. The second-order valence-corrected chi connectivity index (χ2v) is 14.0. The highest BCUT2D eigenvalue weighted by Crippen LogP contribution is 2.39. The average molecular weight is 718 g/mol. The summed E-state index contributed by atoms with van der Waals surface area (Å²) in [6, 6.07) is 65.6. The molecule has 10 aromatic rings. The third kappa shape index (κ3) is 5.94. The Morgan fingerprint density at radius 3 is 1.70 bits per heavy atom. The molecule has 1 aromatic heterocycles. The molecule has 264 valence electrons. The van der Waals surface area contributed by atoms with Crippen LogP contribution in [0.2, 0.25) is 0 Å². The lowest BCUT2D eigenvalue weighted by atomic mass is 9.91. The highest BCUT2D eigenvalue weighted by Gasteiger charge is 2.19. The highest BCUT2D eigenvalue weighted by molar-refractivity contribution is 6.26. The molecule has 0 radical (unpaired) electrons. The summed E-state index contributed by atoms with van der Waals surface area (Å²) in [7, 11) is 0. The largest absolute Gasteiger partial charge is 0.456 e. The molecule has 56 heavy (non-hydrogen) atoms. The first-order valence-corrected chi connectivity index (χ1v) is 18.8. The summed E-state index contributed by atoms with van der Waals surface area (Å²) in [5.74, 6) is 1.06. The molecule has 0 N–H and O–H groups in total. The van der Waals surface area contributed by atoms with Crippen molar-refractivity contribution in [2.45, 2.75) is 6.54 Å². The van der Waals surface area contributed by atoms with Crippen LogP contribution in [-0.4, -0.2) is 18.4 Å². The van der Waals surface area contributed by atoms with E-state index in [1.54, 1.807) is 0 Å². The average Bonchev–Trinajstić information content (AvgIpc) is 3.66. The Morgan fingerprint density at radius 1 is 0.429 bits per heavy atom. The molecule has 10 rings (SSSR count). The van der Waals surface area contributed by atoms with E-state index in [9.17, 15) is 0 Å². The minimum atomic E-state index is 0.476. The second-order valence-electron chi connectivity index (χ2n) is 14.0. The summed E-state index contributed by atoms with van der Waals surface area (Å²) in [5, 5.41) is 9.49. The van der Waals surface area contributed by atoms with Gasteiger partial charge in [-0.3, -0.25) is 4.99 Å². The van der Waals surface area contributed by atoms with E-state index >= 15 is 0 Å². The van der Waals surface area contributed by atoms with Gasteiger partial charge < -0.3 is 4.42 Å². The van der Waals surface area contributed by atoms with Crippen molar-refractivity contribution in [3.8, 4) is 22.3 Å². The van der Waals surface area contributed by atoms with E-state index < -0.39 is 0 Å². The summed E-state index contributed by atoms with van der Waals surface area (Å²) in [6.07, 6.45) is 0. The number of para-hydroxylation sites is 1. The van der Waals surface area contributed by atoms with Gasteiger partial charge in [-0.1, -0.05) is 158 Å². The van der Waals surface area contributed by atoms with Crippen LogP contribution >= 0.6 is 0 Å². The molecule has 0 aliphatic carbocycles. The van der Waals surface area contributed by atoms with Crippen LogP contribution in [0.15, 0.2) is 207 Å². The Balaban J connectivity index is 1.13. The minimum Gasteiger partial charge on any atom is -0.456 e. The lowest BCUT2D eigenvalue weighted by Gasteiger charge is -2.13. The zero-order chi connectivity index (χ0) is 37.4. The van der Waals surface area contributed by atoms with E-state index in [1.807, 2.05) is 66.7 Å².